The normalized spacial score (nSPS) is 9.41. The Morgan fingerprint density at radius 1 is 1.23 bits per heavy atom. The van der Waals surface area contributed by atoms with E-state index in [9.17, 15) is 9.59 Å². The summed E-state index contributed by atoms with van der Waals surface area (Å²) in [6.07, 6.45) is 1.18. The van der Waals surface area contributed by atoms with E-state index in [-0.39, 0.29) is 11.7 Å². The van der Waals surface area contributed by atoms with E-state index in [2.05, 4.69) is 5.32 Å². The van der Waals surface area contributed by atoms with E-state index in [1.54, 1.807) is 43.4 Å². The van der Waals surface area contributed by atoms with E-state index in [0.29, 0.717) is 22.0 Å². The van der Waals surface area contributed by atoms with E-state index in [0.717, 1.165) is 11.8 Å². The predicted octanol–water partition coefficient (Wildman–Crippen LogP) is 3.49. The van der Waals surface area contributed by atoms with Crippen LogP contribution >= 0.6 is 23.2 Å². The molecule has 0 aliphatic heterocycles. The number of carbonyl (C=O) groups is 2. The van der Waals surface area contributed by atoms with Crippen molar-refractivity contribution in [3.63, 3.8) is 0 Å². The van der Waals surface area contributed by atoms with E-state index >= 15 is 0 Å². The average molecular weight is 340 g/mol. The maximum Gasteiger partial charge on any atom is 0.252 e. The van der Waals surface area contributed by atoms with Crippen molar-refractivity contribution in [1.29, 1.82) is 0 Å². The molecule has 116 valence electrons. The van der Waals surface area contributed by atoms with E-state index < -0.39 is 0 Å². The van der Waals surface area contributed by atoms with E-state index in [1.807, 2.05) is 0 Å². The van der Waals surface area contributed by atoms with Crippen molar-refractivity contribution in [2.24, 2.45) is 0 Å². The monoisotopic (exact) mass is 339 g/mol. The molecule has 0 aliphatic rings. The molecular weight excluding hydrogens is 325 g/mol. The van der Waals surface area contributed by atoms with E-state index in [4.69, 9.17) is 28.3 Å². The molecule has 0 aliphatic carbocycles. The Labute approximate surface area is 138 Å². The number of benzene rings is 2. The van der Waals surface area contributed by atoms with Gasteiger partial charge in [0.05, 0.1) is 10.6 Å². The highest BCUT2D eigenvalue weighted by Crippen LogP contribution is 2.20. The third kappa shape index (κ3) is 5.76. The first-order chi connectivity index (χ1) is 10.5. The van der Waals surface area contributed by atoms with Crippen LogP contribution in [0.25, 0.3) is 0 Å². The second-order valence-electron chi connectivity index (χ2n) is 4.24. The summed E-state index contributed by atoms with van der Waals surface area (Å²) in [5, 5.41) is 12.3. The zero-order chi connectivity index (χ0) is 16.5. The van der Waals surface area contributed by atoms with Gasteiger partial charge in [-0.1, -0.05) is 35.3 Å². The van der Waals surface area contributed by atoms with Crippen molar-refractivity contribution in [2.75, 3.05) is 7.05 Å². The van der Waals surface area contributed by atoms with Gasteiger partial charge in [-0.15, -0.1) is 0 Å². The van der Waals surface area contributed by atoms with Gasteiger partial charge >= 0.3 is 0 Å². The molecular formula is C16H15Cl2NO3. The molecule has 1 amide bonds. The maximum atomic E-state index is 11.1. The van der Waals surface area contributed by atoms with Crippen molar-refractivity contribution in [1.82, 2.24) is 5.32 Å². The molecule has 4 nitrogen and oxygen atoms in total. The third-order valence-corrected chi connectivity index (χ3v) is 3.18. The quantitative estimate of drug-likeness (QED) is 0.841. The summed E-state index contributed by atoms with van der Waals surface area (Å²) in [7, 11) is 1.55. The number of phenolic OH excluding ortho intramolecular Hbond substituents is 1. The fraction of sp³-hybridized carbons (Fsp3) is 0.125. The highest BCUT2D eigenvalue weighted by molar-refractivity contribution is 6.36. The van der Waals surface area contributed by atoms with Crippen molar-refractivity contribution in [2.45, 2.75) is 6.42 Å². The largest absolute Gasteiger partial charge is 0.508 e. The van der Waals surface area contributed by atoms with Crippen LogP contribution in [0.15, 0.2) is 42.5 Å². The smallest absolute Gasteiger partial charge is 0.252 e. The van der Waals surface area contributed by atoms with Gasteiger partial charge in [0.25, 0.3) is 5.91 Å². The van der Waals surface area contributed by atoms with Gasteiger partial charge in [-0.05, 0) is 35.9 Å². The Hall–Kier alpha value is -2.04. The minimum atomic E-state index is -0.211. The second-order valence-corrected chi connectivity index (χ2v) is 5.09. The molecule has 0 aromatic heterocycles. The number of hydrogen-bond donors (Lipinski definition) is 2. The predicted molar refractivity (Wildman–Crippen MR) is 87.7 cm³/mol. The van der Waals surface area contributed by atoms with Crippen LogP contribution in [0.1, 0.15) is 15.9 Å². The summed E-state index contributed by atoms with van der Waals surface area (Å²) in [5.74, 6) is -0.00369. The molecule has 0 unspecified atom stereocenters. The lowest BCUT2D eigenvalue weighted by molar-refractivity contribution is -0.107. The van der Waals surface area contributed by atoms with Crippen molar-refractivity contribution in [3.05, 3.63) is 63.6 Å². The first-order valence-corrected chi connectivity index (χ1v) is 7.12. The average Bonchev–Trinajstić information content (AvgIpc) is 2.47. The summed E-state index contributed by atoms with van der Waals surface area (Å²) in [5.41, 5.74) is 1.28. The molecule has 0 bridgehead atoms. The Balaban J connectivity index is 0.000000224. The number of carbonyl (C=O) groups excluding carboxylic acids is 2. The van der Waals surface area contributed by atoms with Gasteiger partial charge in [0.15, 0.2) is 0 Å². The Morgan fingerprint density at radius 3 is 2.50 bits per heavy atom. The van der Waals surface area contributed by atoms with Crippen molar-refractivity contribution in [3.8, 4) is 5.75 Å². The topological polar surface area (TPSA) is 66.4 Å². The lowest BCUT2D eigenvalue weighted by Gasteiger charge is -2.01. The molecule has 2 aromatic carbocycles. The van der Waals surface area contributed by atoms with Gasteiger partial charge < -0.3 is 15.2 Å². The minimum Gasteiger partial charge on any atom is -0.508 e. The number of rotatable bonds is 3. The second kappa shape index (κ2) is 9.07. The van der Waals surface area contributed by atoms with Crippen LogP contribution in [0.3, 0.4) is 0 Å². The molecule has 2 rings (SSSR count). The van der Waals surface area contributed by atoms with E-state index in [1.165, 1.54) is 6.07 Å². The fourth-order valence-corrected chi connectivity index (χ4v) is 2.08. The molecule has 0 radical (unpaired) electrons. The molecule has 0 heterocycles. The zero-order valence-corrected chi connectivity index (χ0v) is 13.4. The number of aromatic hydroxyl groups is 1. The number of halogens is 2. The van der Waals surface area contributed by atoms with Crippen molar-refractivity contribution >= 4 is 35.4 Å². The SMILES string of the molecule is CNC(=O)c1ccc(Cl)cc1Cl.O=CCc1cccc(O)c1. The zero-order valence-electron chi connectivity index (χ0n) is 11.8. The van der Waals surface area contributed by atoms with Crippen LogP contribution < -0.4 is 5.32 Å². The number of aldehydes is 1. The highest BCUT2D eigenvalue weighted by atomic mass is 35.5. The number of amides is 1. The molecule has 0 saturated heterocycles. The summed E-state index contributed by atoms with van der Waals surface area (Å²) in [6, 6.07) is 11.4. The molecule has 22 heavy (non-hydrogen) atoms. The molecule has 0 atom stereocenters. The minimum absolute atomic E-state index is 0.208. The van der Waals surface area contributed by atoms with Crippen LogP contribution in [0.2, 0.25) is 10.0 Å². The Bertz CT molecular complexity index is 660. The van der Waals surface area contributed by atoms with Gasteiger partial charge in [0, 0.05) is 18.5 Å². The van der Waals surface area contributed by atoms with Gasteiger partial charge in [0.1, 0.15) is 12.0 Å². The summed E-state index contributed by atoms with van der Waals surface area (Å²) in [4.78, 5) is 21.1. The third-order valence-electron chi connectivity index (χ3n) is 2.63. The number of hydrogen-bond acceptors (Lipinski definition) is 3. The van der Waals surface area contributed by atoms with Crippen LogP contribution in [0, 0.1) is 0 Å². The lowest BCUT2D eigenvalue weighted by Crippen LogP contribution is -2.17. The van der Waals surface area contributed by atoms with Crippen LogP contribution in [0.5, 0.6) is 5.75 Å². The Kier molecular flexibility index (Phi) is 7.43. The molecule has 0 fully saturated rings. The van der Waals surface area contributed by atoms with Crippen LogP contribution in [-0.4, -0.2) is 24.3 Å². The van der Waals surface area contributed by atoms with Crippen LogP contribution in [0.4, 0.5) is 0 Å². The molecule has 2 aromatic rings. The number of nitrogens with one attached hydrogen (secondary N) is 1. The fourth-order valence-electron chi connectivity index (χ4n) is 1.59. The standard InChI is InChI=1S/C8H7Cl2NO.C8H8O2/c1-11-8(12)6-3-2-5(9)4-7(6)10;9-5-4-7-2-1-3-8(10)6-7/h2-4H,1H3,(H,11,12);1-3,5-6,10H,4H2. The first-order valence-electron chi connectivity index (χ1n) is 6.36. The molecule has 0 saturated carbocycles. The number of phenols is 1. The van der Waals surface area contributed by atoms with Gasteiger partial charge in [-0.2, -0.15) is 0 Å². The summed E-state index contributed by atoms with van der Waals surface area (Å²) in [6.45, 7) is 0. The molecule has 0 spiro atoms. The summed E-state index contributed by atoms with van der Waals surface area (Å²) >= 11 is 11.4. The molecule has 6 heteroatoms. The summed E-state index contributed by atoms with van der Waals surface area (Å²) < 4.78 is 0. The Morgan fingerprint density at radius 2 is 1.95 bits per heavy atom. The van der Waals surface area contributed by atoms with Crippen molar-refractivity contribution < 1.29 is 14.7 Å². The van der Waals surface area contributed by atoms with Crippen LogP contribution in [-0.2, 0) is 11.2 Å². The van der Waals surface area contributed by atoms with Gasteiger partial charge in [0.2, 0.25) is 0 Å². The highest BCUT2D eigenvalue weighted by Gasteiger charge is 2.07. The van der Waals surface area contributed by atoms with Gasteiger partial charge in [-0.25, -0.2) is 0 Å². The van der Waals surface area contributed by atoms with Gasteiger partial charge in [-0.3, -0.25) is 4.79 Å². The molecule has 2 N–H and O–H groups in total. The first kappa shape index (κ1) is 18.0. The maximum absolute atomic E-state index is 11.1. The lowest BCUT2D eigenvalue weighted by atomic mass is 10.2.